The summed E-state index contributed by atoms with van der Waals surface area (Å²) in [6, 6.07) is 8.54. The number of hydrogen-bond acceptors (Lipinski definition) is 4. The first-order valence-corrected chi connectivity index (χ1v) is 9.48. The number of amides is 1. The summed E-state index contributed by atoms with van der Waals surface area (Å²) in [7, 11) is 0. The highest BCUT2D eigenvalue weighted by Gasteiger charge is 2.22. The summed E-state index contributed by atoms with van der Waals surface area (Å²) in [5.74, 6) is 0.259. The molecule has 0 aliphatic carbocycles. The summed E-state index contributed by atoms with van der Waals surface area (Å²) >= 11 is 0. The number of nitrogens with zero attached hydrogens (tertiary/aromatic N) is 3. The summed E-state index contributed by atoms with van der Waals surface area (Å²) in [5, 5.41) is 0. The molecule has 0 bridgehead atoms. The maximum atomic E-state index is 12.1. The van der Waals surface area contributed by atoms with E-state index in [2.05, 4.69) is 40.1 Å². The Morgan fingerprint density at radius 1 is 0.840 bits per heavy atom. The van der Waals surface area contributed by atoms with E-state index in [0.717, 1.165) is 70.9 Å². The van der Waals surface area contributed by atoms with E-state index in [4.69, 9.17) is 4.74 Å². The molecule has 134 valence electrons. The Hall–Kier alpha value is -2.01. The second kappa shape index (κ2) is 7.48. The molecular weight excluding hydrogens is 314 g/mol. The zero-order valence-corrected chi connectivity index (χ0v) is 14.8. The van der Waals surface area contributed by atoms with Gasteiger partial charge in [0.15, 0.2) is 0 Å². The van der Waals surface area contributed by atoms with Crippen LogP contribution in [0.4, 0.5) is 11.4 Å². The molecule has 1 amide bonds. The maximum Gasteiger partial charge on any atom is 0.226 e. The molecule has 0 radical (unpaired) electrons. The van der Waals surface area contributed by atoms with Gasteiger partial charge in [0.1, 0.15) is 0 Å². The standard InChI is InChI=1S/C20H27N3O2/c24-20-5-1-2-11-23(20)18-8-6-17(7-9-18)22-10-3-4-19(16-22)21-12-14-25-15-13-21/h4,6-9H,1-3,5,10-16H2. The van der Waals surface area contributed by atoms with E-state index in [-0.39, 0.29) is 5.91 Å². The van der Waals surface area contributed by atoms with E-state index >= 15 is 0 Å². The summed E-state index contributed by atoms with van der Waals surface area (Å²) < 4.78 is 5.47. The van der Waals surface area contributed by atoms with Gasteiger partial charge in [0, 0.05) is 49.7 Å². The number of piperidine rings is 1. The van der Waals surface area contributed by atoms with Crippen LogP contribution in [0.25, 0.3) is 0 Å². The van der Waals surface area contributed by atoms with Crippen molar-refractivity contribution in [3.63, 3.8) is 0 Å². The van der Waals surface area contributed by atoms with Crippen LogP contribution in [0.1, 0.15) is 25.7 Å². The average Bonchev–Trinajstić information content (AvgIpc) is 2.69. The largest absolute Gasteiger partial charge is 0.378 e. The maximum absolute atomic E-state index is 12.1. The Morgan fingerprint density at radius 2 is 1.60 bits per heavy atom. The third-order valence-electron chi connectivity index (χ3n) is 5.40. The van der Waals surface area contributed by atoms with Crippen molar-refractivity contribution < 1.29 is 9.53 Å². The normalized spacial score (nSPS) is 22.2. The minimum absolute atomic E-state index is 0.259. The van der Waals surface area contributed by atoms with Crippen LogP contribution in [0, 0.1) is 0 Å². The molecule has 5 heteroatoms. The van der Waals surface area contributed by atoms with Crippen molar-refractivity contribution in [3.8, 4) is 0 Å². The number of morpholine rings is 1. The zero-order valence-electron chi connectivity index (χ0n) is 14.8. The first-order chi connectivity index (χ1) is 12.3. The molecule has 1 aromatic carbocycles. The van der Waals surface area contributed by atoms with Crippen LogP contribution in [0.3, 0.4) is 0 Å². The lowest BCUT2D eigenvalue weighted by Gasteiger charge is -2.37. The van der Waals surface area contributed by atoms with Crippen LogP contribution in [-0.4, -0.2) is 56.7 Å². The van der Waals surface area contributed by atoms with Gasteiger partial charge in [-0.1, -0.05) is 6.08 Å². The molecule has 5 nitrogen and oxygen atoms in total. The first kappa shape index (κ1) is 16.5. The smallest absolute Gasteiger partial charge is 0.226 e. The predicted octanol–water partition coefficient (Wildman–Crippen LogP) is 2.63. The van der Waals surface area contributed by atoms with Crippen LogP contribution in [0.2, 0.25) is 0 Å². The molecule has 0 aromatic heterocycles. The van der Waals surface area contributed by atoms with Crippen LogP contribution < -0.4 is 9.80 Å². The second-order valence-corrected chi connectivity index (χ2v) is 7.02. The molecule has 0 unspecified atom stereocenters. The molecule has 3 aliphatic heterocycles. The van der Waals surface area contributed by atoms with Crippen molar-refractivity contribution in [2.24, 2.45) is 0 Å². The fourth-order valence-electron chi connectivity index (χ4n) is 3.95. The number of ether oxygens (including phenoxy) is 1. The Balaban J connectivity index is 1.43. The second-order valence-electron chi connectivity index (χ2n) is 7.02. The third-order valence-corrected chi connectivity index (χ3v) is 5.40. The fourth-order valence-corrected chi connectivity index (χ4v) is 3.95. The van der Waals surface area contributed by atoms with Crippen LogP contribution in [0.15, 0.2) is 36.0 Å². The summed E-state index contributed by atoms with van der Waals surface area (Å²) in [4.78, 5) is 18.9. The van der Waals surface area contributed by atoms with E-state index in [1.165, 1.54) is 11.4 Å². The third kappa shape index (κ3) is 3.66. The molecule has 1 aromatic rings. The monoisotopic (exact) mass is 341 g/mol. The van der Waals surface area contributed by atoms with E-state index < -0.39 is 0 Å². The molecule has 25 heavy (non-hydrogen) atoms. The van der Waals surface area contributed by atoms with E-state index in [1.54, 1.807) is 0 Å². The highest BCUT2D eigenvalue weighted by Crippen LogP contribution is 2.26. The van der Waals surface area contributed by atoms with Crippen LogP contribution >= 0.6 is 0 Å². The number of rotatable bonds is 3. The molecule has 0 atom stereocenters. The molecule has 2 fully saturated rings. The SMILES string of the molecule is O=C1CCCCN1c1ccc(N2CCC=C(N3CCOCC3)C2)cc1. The molecule has 2 saturated heterocycles. The van der Waals surface area contributed by atoms with Gasteiger partial charge in [0.05, 0.1) is 19.8 Å². The quantitative estimate of drug-likeness (QED) is 0.847. The van der Waals surface area contributed by atoms with Crippen LogP contribution in [0.5, 0.6) is 0 Å². The van der Waals surface area contributed by atoms with E-state index in [1.807, 2.05) is 4.90 Å². The van der Waals surface area contributed by atoms with Gasteiger partial charge in [0.25, 0.3) is 0 Å². The minimum Gasteiger partial charge on any atom is -0.378 e. The number of anilines is 2. The van der Waals surface area contributed by atoms with Gasteiger partial charge >= 0.3 is 0 Å². The number of carbonyl (C=O) groups excluding carboxylic acids is 1. The van der Waals surface area contributed by atoms with Crippen LogP contribution in [-0.2, 0) is 9.53 Å². The molecule has 3 aliphatic rings. The van der Waals surface area contributed by atoms with Crippen molar-refractivity contribution in [2.45, 2.75) is 25.7 Å². The highest BCUT2D eigenvalue weighted by atomic mass is 16.5. The molecule has 3 heterocycles. The Labute approximate surface area is 149 Å². The highest BCUT2D eigenvalue weighted by molar-refractivity contribution is 5.94. The van der Waals surface area contributed by atoms with Gasteiger partial charge in [-0.2, -0.15) is 0 Å². The molecule has 0 spiro atoms. The topological polar surface area (TPSA) is 36.0 Å². The summed E-state index contributed by atoms with van der Waals surface area (Å²) in [5.41, 5.74) is 3.70. The molecule has 4 rings (SSSR count). The number of benzene rings is 1. The fraction of sp³-hybridized carbons (Fsp3) is 0.550. The lowest BCUT2D eigenvalue weighted by molar-refractivity contribution is -0.119. The Morgan fingerprint density at radius 3 is 2.36 bits per heavy atom. The molecular formula is C20H27N3O2. The Bertz CT molecular complexity index is 635. The van der Waals surface area contributed by atoms with Crippen molar-refractivity contribution in [2.75, 3.05) is 55.7 Å². The lowest BCUT2D eigenvalue weighted by Crippen LogP contribution is -2.42. The minimum atomic E-state index is 0.259. The lowest BCUT2D eigenvalue weighted by atomic mass is 10.1. The van der Waals surface area contributed by atoms with Gasteiger partial charge in [-0.3, -0.25) is 4.79 Å². The summed E-state index contributed by atoms with van der Waals surface area (Å²) in [6.07, 6.45) is 6.27. The average molecular weight is 341 g/mol. The van der Waals surface area contributed by atoms with Crippen molar-refractivity contribution in [1.82, 2.24) is 4.90 Å². The van der Waals surface area contributed by atoms with E-state index in [9.17, 15) is 4.79 Å². The van der Waals surface area contributed by atoms with Gasteiger partial charge in [-0.15, -0.1) is 0 Å². The number of carbonyl (C=O) groups is 1. The van der Waals surface area contributed by atoms with Gasteiger partial charge in [-0.05, 0) is 43.5 Å². The van der Waals surface area contributed by atoms with Gasteiger partial charge in [-0.25, -0.2) is 0 Å². The molecule has 0 saturated carbocycles. The van der Waals surface area contributed by atoms with Crippen molar-refractivity contribution in [3.05, 3.63) is 36.0 Å². The van der Waals surface area contributed by atoms with Crippen molar-refractivity contribution in [1.29, 1.82) is 0 Å². The summed E-state index contributed by atoms with van der Waals surface area (Å²) in [6.45, 7) is 6.51. The molecule has 0 N–H and O–H groups in total. The Kier molecular flexibility index (Phi) is 4.92. The van der Waals surface area contributed by atoms with Crippen molar-refractivity contribution >= 4 is 17.3 Å². The number of hydrogen-bond donors (Lipinski definition) is 0. The predicted molar refractivity (Wildman–Crippen MR) is 100.0 cm³/mol. The zero-order chi connectivity index (χ0) is 17.1. The van der Waals surface area contributed by atoms with Gasteiger partial charge in [0.2, 0.25) is 5.91 Å². The first-order valence-electron chi connectivity index (χ1n) is 9.48. The van der Waals surface area contributed by atoms with E-state index in [0.29, 0.717) is 6.42 Å². The van der Waals surface area contributed by atoms with Gasteiger partial charge < -0.3 is 19.4 Å².